The van der Waals surface area contributed by atoms with Gasteiger partial charge in [-0.3, -0.25) is 4.79 Å². The van der Waals surface area contributed by atoms with Crippen LogP contribution >= 0.6 is 34.8 Å². The Morgan fingerprint density at radius 3 is 2.64 bits per heavy atom. The van der Waals surface area contributed by atoms with Gasteiger partial charge in [-0.2, -0.15) is 5.10 Å². The molecule has 1 aromatic heterocycles. The first-order valence-electron chi connectivity index (χ1n) is 12.4. The number of aromatic nitrogens is 1. The van der Waals surface area contributed by atoms with Crippen LogP contribution in [0.5, 0.6) is 17.2 Å². The number of carbonyl (C=O) groups excluding carboxylic acids is 1. The van der Waals surface area contributed by atoms with Crippen LogP contribution in [-0.4, -0.2) is 54.0 Å². The molecule has 2 aromatic carbocycles. The summed E-state index contributed by atoms with van der Waals surface area (Å²) in [5.41, 5.74) is 9.81. The molecule has 0 saturated carbocycles. The maximum atomic E-state index is 12.4. The smallest absolute Gasteiger partial charge is 0.245 e. The monoisotopic (exact) mass is 587 g/mol. The van der Waals surface area contributed by atoms with E-state index < -0.39 is 6.17 Å². The van der Waals surface area contributed by atoms with Crippen LogP contribution in [0.25, 0.3) is 11.1 Å². The number of halogens is 3. The third kappa shape index (κ3) is 5.10. The highest BCUT2D eigenvalue weighted by Crippen LogP contribution is 2.47. The Labute approximate surface area is 242 Å². The number of carbonyl (C=O) groups is 1. The topological polar surface area (TPSA) is 85.3 Å². The van der Waals surface area contributed by atoms with Crippen LogP contribution in [0.3, 0.4) is 0 Å². The average Bonchev–Trinajstić information content (AvgIpc) is 3.24. The maximum absolute atomic E-state index is 12.4. The minimum absolute atomic E-state index is 0.0189. The van der Waals surface area contributed by atoms with Crippen LogP contribution in [0.15, 0.2) is 54.2 Å². The zero-order valence-corrected chi connectivity index (χ0v) is 23.8. The van der Waals surface area contributed by atoms with Crippen LogP contribution in [0, 0.1) is 0 Å². The Hall–Kier alpha value is -3.17. The van der Waals surface area contributed by atoms with E-state index in [9.17, 15) is 4.79 Å². The Kier molecular flexibility index (Phi) is 7.82. The summed E-state index contributed by atoms with van der Waals surface area (Å²) < 4.78 is 13.6. The average molecular weight is 589 g/mol. The second-order valence-corrected chi connectivity index (χ2v) is 10.7. The first kappa shape index (κ1) is 27.4. The van der Waals surface area contributed by atoms with Gasteiger partial charge in [0.15, 0.2) is 11.5 Å². The maximum Gasteiger partial charge on any atom is 0.245 e. The highest BCUT2D eigenvalue weighted by molar-refractivity contribution is 6.42. The summed E-state index contributed by atoms with van der Waals surface area (Å²) in [6.45, 7) is 4.84. The third-order valence-electron chi connectivity index (χ3n) is 7.09. The van der Waals surface area contributed by atoms with Crippen molar-refractivity contribution in [2.24, 2.45) is 10.8 Å². The van der Waals surface area contributed by atoms with Crippen molar-refractivity contribution in [3.63, 3.8) is 0 Å². The van der Waals surface area contributed by atoms with Crippen molar-refractivity contribution in [3.05, 3.63) is 75.5 Å². The number of piperidine rings is 1. The van der Waals surface area contributed by atoms with Gasteiger partial charge < -0.3 is 25.0 Å². The first-order valence-corrected chi connectivity index (χ1v) is 13.6. The highest BCUT2D eigenvalue weighted by atomic mass is 35.5. The fraction of sp³-hybridized carbons (Fsp3) is 0.286. The second-order valence-electron chi connectivity index (χ2n) is 9.48. The minimum Gasteiger partial charge on any atom is -0.493 e. The molecule has 3 heterocycles. The lowest BCUT2D eigenvalue weighted by molar-refractivity contribution is -0.127. The summed E-state index contributed by atoms with van der Waals surface area (Å²) in [6.07, 6.45) is 4.26. The molecule has 1 amide bonds. The quantitative estimate of drug-likeness (QED) is 0.332. The summed E-state index contributed by atoms with van der Waals surface area (Å²) in [4.78, 5) is 16.0. The first-order chi connectivity index (χ1) is 18.7. The van der Waals surface area contributed by atoms with E-state index in [1.165, 1.54) is 6.08 Å². The molecule has 3 aromatic rings. The SMILES string of the molecule is C=CC(=O)N1CCCC(c2c(Cl)c(-c3ccc(Oc4ccc(Cl)c(Cl)c4)c(OC)c3)c3n2N=CN(C)C3N)C1. The number of hydrogen-bond donors (Lipinski definition) is 1. The normalized spacial score (nSPS) is 18.6. The van der Waals surface area contributed by atoms with E-state index in [-0.39, 0.29) is 11.8 Å². The molecule has 2 atom stereocenters. The van der Waals surface area contributed by atoms with Gasteiger partial charge in [-0.25, -0.2) is 4.68 Å². The van der Waals surface area contributed by atoms with Gasteiger partial charge in [0.25, 0.3) is 0 Å². The van der Waals surface area contributed by atoms with Gasteiger partial charge in [0.1, 0.15) is 18.3 Å². The van der Waals surface area contributed by atoms with Gasteiger partial charge in [-0.1, -0.05) is 47.4 Å². The fourth-order valence-electron chi connectivity index (χ4n) is 5.10. The lowest BCUT2D eigenvalue weighted by Gasteiger charge is -2.33. The summed E-state index contributed by atoms with van der Waals surface area (Å²) in [6, 6.07) is 10.6. The van der Waals surface area contributed by atoms with Gasteiger partial charge in [0.05, 0.1) is 33.6 Å². The van der Waals surface area contributed by atoms with Crippen molar-refractivity contribution in [1.82, 2.24) is 14.5 Å². The molecular formula is C28H28Cl3N5O3. The molecule has 2 unspecified atom stereocenters. The van der Waals surface area contributed by atoms with Gasteiger partial charge >= 0.3 is 0 Å². The number of rotatable bonds is 6. The third-order valence-corrected chi connectivity index (χ3v) is 8.21. The van der Waals surface area contributed by atoms with E-state index in [4.69, 9.17) is 50.0 Å². The summed E-state index contributed by atoms with van der Waals surface area (Å²) in [5.74, 6) is 1.40. The standard InChI is InChI=1S/C28H28Cl3N5O3/c1-4-23(37)35-11-5-6-17(14-35)26-25(31)24(27-28(32)34(2)15-33-36(26)27)16-7-10-21(22(12-16)38-3)39-18-8-9-19(29)20(30)13-18/h4,7-10,12-13,15,17,28H,1,5-6,11,14,32H2,2-3H3. The van der Waals surface area contributed by atoms with Gasteiger partial charge in [-0.15, -0.1) is 0 Å². The van der Waals surface area contributed by atoms with Gasteiger partial charge in [0.2, 0.25) is 5.91 Å². The molecule has 2 aliphatic rings. The van der Waals surface area contributed by atoms with Gasteiger partial charge in [-0.05, 0) is 48.7 Å². The van der Waals surface area contributed by atoms with Crippen LogP contribution < -0.4 is 15.2 Å². The molecule has 0 aliphatic carbocycles. The van der Waals surface area contributed by atoms with Crippen molar-refractivity contribution < 1.29 is 14.3 Å². The summed E-state index contributed by atoms with van der Waals surface area (Å²) >= 11 is 19.4. The Bertz CT molecular complexity index is 1470. The van der Waals surface area contributed by atoms with Crippen molar-refractivity contribution in [3.8, 4) is 28.4 Å². The number of amides is 1. The largest absolute Gasteiger partial charge is 0.493 e. The number of benzene rings is 2. The Balaban J connectivity index is 1.58. The van der Waals surface area contributed by atoms with E-state index in [0.717, 1.165) is 35.4 Å². The number of nitrogens with two attached hydrogens (primary N) is 1. The van der Waals surface area contributed by atoms with E-state index in [2.05, 4.69) is 11.7 Å². The number of nitrogens with zero attached hydrogens (tertiary/aromatic N) is 4. The number of methoxy groups -OCH3 is 1. The molecule has 2 N–H and O–H groups in total. The molecule has 0 bridgehead atoms. The molecule has 8 nitrogen and oxygen atoms in total. The molecule has 5 rings (SSSR count). The second kappa shape index (κ2) is 11.1. The molecule has 0 spiro atoms. The number of likely N-dealkylation sites (tertiary alicyclic amines) is 1. The molecule has 204 valence electrons. The number of fused-ring (bicyclic) bond motifs is 1. The predicted molar refractivity (Wildman–Crippen MR) is 155 cm³/mol. The van der Waals surface area contributed by atoms with E-state index in [1.807, 2.05) is 34.8 Å². The van der Waals surface area contributed by atoms with Crippen molar-refractivity contribution in [2.75, 3.05) is 27.2 Å². The van der Waals surface area contributed by atoms with E-state index >= 15 is 0 Å². The van der Waals surface area contributed by atoms with Crippen LogP contribution in [0.2, 0.25) is 15.1 Å². The molecule has 1 saturated heterocycles. The summed E-state index contributed by atoms with van der Waals surface area (Å²) in [5, 5.41) is 6.05. The van der Waals surface area contributed by atoms with E-state index in [0.29, 0.717) is 45.4 Å². The van der Waals surface area contributed by atoms with Crippen molar-refractivity contribution in [2.45, 2.75) is 24.9 Å². The van der Waals surface area contributed by atoms with Crippen LogP contribution in [-0.2, 0) is 4.79 Å². The molecule has 1 fully saturated rings. The fourth-order valence-corrected chi connectivity index (χ4v) is 5.82. The highest BCUT2D eigenvalue weighted by Gasteiger charge is 2.36. The summed E-state index contributed by atoms with van der Waals surface area (Å²) in [7, 11) is 3.43. The van der Waals surface area contributed by atoms with Crippen LogP contribution in [0.4, 0.5) is 0 Å². The van der Waals surface area contributed by atoms with Crippen LogP contribution in [0.1, 0.15) is 36.3 Å². The molecular weight excluding hydrogens is 561 g/mol. The van der Waals surface area contributed by atoms with Crippen molar-refractivity contribution in [1.29, 1.82) is 0 Å². The molecule has 2 aliphatic heterocycles. The Morgan fingerprint density at radius 1 is 1.13 bits per heavy atom. The van der Waals surface area contributed by atoms with Crippen molar-refractivity contribution >= 4 is 47.0 Å². The molecule has 0 radical (unpaired) electrons. The Morgan fingerprint density at radius 2 is 1.92 bits per heavy atom. The number of ether oxygens (including phenoxy) is 2. The lowest BCUT2D eigenvalue weighted by Crippen LogP contribution is -2.39. The van der Waals surface area contributed by atoms with Gasteiger partial charge in [0, 0.05) is 37.7 Å². The van der Waals surface area contributed by atoms with E-state index in [1.54, 1.807) is 36.5 Å². The zero-order valence-electron chi connectivity index (χ0n) is 21.5. The number of hydrogen-bond acceptors (Lipinski definition) is 6. The predicted octanol–water partition coefficient (Wildman–Crippen LogP) is 6.50. The lowest BCUT2D eigenvalue weighted by atomic mass is 9.93. The zero-order chi connectivity index (χ0) is 27.8. The minimum atomic E-state index is -0.489. The molecule has 39 heavy (non-hydrogen) atoms. The molecule has 11 heteroatoms.